The number of nitrogens with zero attached hydrogens (tertiary/aromatic N) is 3. The van der Waals surface area contributed by atoms with Gasteiger partial charge >= 0.3 is 0 Å². The fraction of sp³-hybridized carbons (Fsp3) is 0.120. The number of H-pyrrole nitrogens is 1. The van der Waals surface area contributed by atoms with Gasteiger partial charge in [0.05, 0.1) is 28.8 Å². The number of amides is 1. The van der Waals surface area contributed by atoms with E-state index in [0.29, 0.717) is 28.5 Å². The van der Waals surface area contributed by atoms with Crippen molar-refractivity contribution in [3.05, 3.63) is 112 Å². The molecule has 1 amide bonds. The van der Waals surface area contributed by atoms with Crippen LogP contribution in [0.25, 0.3) is 16.6 Å². The number of aryl methyl sites for hydroxylation is 1. The molecule has 1 unspecified atom stereocenters. The third kappa shape index (κ3) is 3.65. The van der Waals surface area contributed by atoms with E-state index in [-0.39, 0.29) is 17.5 Å². The number of carbonyl (C=O) groups excluding carboxylic acids is 1. The van der Waals surface area contributed by atoms with Crippen LogP contribution < -0.4 is 10.9 Å². The summed E-state index contributed by atoms with van der Waals surface area (Å²) in [6.07, 6.45) is 3.78. The molecule has 3 heterocycles. The molecule has 1 atom stereocenters. The molecule has 0 spiro atoms. The third-order valence-corrected chi connectivity index (χ3v) is 5.53. The van der Waals surface area contributed by atoms with Crippen molar-refractivity contribution in [2.45, 2.75) is 19.4 Å². The van der Waals surface area contributed by atoms with E-state index in [1.165, 1.54) is 11.8 Å². The summed E-state index contributed by atoms with van der Waals surface area (Å²) in [4.78, 5) is 33.1. The number of nitrogens with one attached hydrogen (secondary N) is 2. The molecular weight excluding hydrogens is 402 g/mol. The number of benzene rings is 2. The van der Waals surface area contributed by atoms with Gasteiger partial charge in [-0.1, -0.05) is 48.0 Å². The Balaban J connectivity index is 1.51. The Hall–Kier alpha value is -4.26. The first-order chi connectivity index (χ1) is 15.6. The Labute approximate surface area is 183 Å². The number of pyridine rings is 1. The van der Waals surface area contributed by atoms with Crippen LogP contribution in [0.3, 0.4) is 0 Å². The molecule has 0 radical (unpaired) electrons. The van der Waals surface area contributed by atoms with Crippen molar-refractivity contribution in [2.75, 3.05) is 0 Å². The number of para-hydroxylation sites is 1. The summed E-state index contributed by atoms with van der Waals surface area (Å²) in [5, 5.41) is 7.95. The van der Waals surface area contributed by atoms with Crippen LogP contribution in [0.5, 0.6) is 0 Å². The van der Waals surface area contributed by atoms with Gasteiger partial charge in [0.25, 0.3) is 11.5 Å². The molecule has 0 aliphatic rings. The lowest BCUT2D eigenvalue weighted by molar-refractivity contribution is 0.0937. The highest BCUT2D eigenvalue weighted by Gasteiger charge is 2.21. The van der Waals surface area contributed by atoms with Gasteiger partial charge in [-0.25, -0.2) is 4.52 Å². The number of hydrogen-bond acceptors (Lipinski definition) is 4. The number of carbonyl (C=O) groups is 1. The van der Waals surface area contributed by atoms with E-state index in [4.69, 9.17) is 0 Å². The molecule has 0 bridgehead atoms. The van der Waals surface area contributed by atoms with Crippen LogP contribution in [-0.4, -0.2) is 25.5 Å². The first-order valence-corrected chi connectivity index (χ1v) is 10.4. The molecule has 3 aromatic heterocycles. The predicted octanol–water partition coefficient (Wildman–Crippen LogP) is 3.59. The summed E-state index contributed by atoms with van der Waals surface area (Å²) in [5.41, 5.74) is 4.08. The van der Waals surface area contributed by atoms with Crippen LogP contribution in [0.1, 0.15) is 33.2 Å². The highest BCUT2D eigenvalue weighted by Crippen LogP contribution is 2.20. The zero-order valence-corrected chi connectivity index (χ0v) is 17.4. The van der Waals surface area contributed by atoms with Gasteiger partial charge in [0, 0.05) is 6.20 Å². The standard InChI is InChI=1S/C25H21N5O2/c1-16-9-11-17(12-10-16)14-21(20-7-4-5-13-26-20)28-25(32)19-15-27-30-22-8-3-2-6-18(22)24(31)29-23(19)30/h2-13,15,21H,14H2,1H3,(H,28,32)(H,29,31). The molecule has 0 aliphatic heterocycles. The number of rotatable bonds is 5. The maximum absolute atomic E-state index is 13.3. The van der Waals surface area contributed by atoms with Crippen molar-refractivity contribution in [2.24, 2.45) is 0 Å². The van der Waals surface area contributed by atoms with Gasteiger partial charge in [0.15, 0.2) is 0 Å². The van der Waals surface area contributed by atoms with Gasteiger partial charge in [-0.15, -0.1) is 0 Å². The van der Waals surface area contributed by atoms with Crippen molar-refractivity contribution < 1.29 is 4.79 Å². The van der Waals surface area contributed by atoms with Gasteiger partial charge in [0.1, 0.15) is 11.2 Å². The van der Waals surface area contributed by atoms with Crippen LogP contribution >= 0.6 is 0 Å². The normalized spacial score (nSPS) is 12.2. The summed E-state index contributed by atoms with van der Waals surface area (Å²) in [6, 6.07) is 20.7. The second-order valence-corrected chi connectivity index (χ2v) is 7.76. The van der Waals surface area contributed by atoms with E-state index in [1.54, 1.807) is 28.9 Å². The van der Waals surface area contributed by atoms with E-state index in [1.807, 2.05) is 43.3 Å². The maximum atomic E-state index is 13.3. The molecule has 0 fully saturated rings. The van der Waals surface area contributed by atoms with E-state index in [0.717, 1.165) is 11.3 Å². The van der Waals surface area contributed by atoms with Gasteiger partial charge in [-0.05, 0) is 43.2 Å². The monoisotopic (exact) mass is 423 g/mol. The van der Waals surface area contributed by atoms with E-state index in [2.05, 4.69) is 32.5 Å². The maximum Gasteiger partial charge on any atom is 0.259 e. The Bertz CT molecular complexity index is 1470. The van der Waals surface area contributed by atoms with Crippen molar-refractivity contribution >= 4 is 22.5 Å². The first kappa shape index (κ1) is 19.7. The molecule has 5 aromatic rings. The minimum Gasteiger partial charge on any atom is -0.343 e. The number of aromatic nitrogens is 4. The van der Waals surface area contributed by atoms with Crippen molar-refractivity contribution in [3.8, 4) is 0 Å². The summed E-state index contributed by atoms with van der Waals surface area (Å²) >= 11 is 0. The van der Waals surface area contributed by atoms with Gasteiger partial charge in [-0.2, -0.15) is 5.10 Å². The number of hydrogen-bond donors (Lipinski definition) is 2. The lowest BCUT2D eigenvalue weighted by Gasteiger charge is -2.18. The van der Waals surface area contributed by atoms with Gasteiger partial charge in [-0.3, -0.25) is 14.6 Å². The number of fused-ring (bicyclic) bond motifs is 3. The van der Waals surface area contributed by atoms with Crippen LogP contribution in [-0.2, 0) is 6.42 Å². The second-order valence-electron chi connectivity index (χ2n) is 7.76. The first-order valence-electron chi connectivity index (χ1n) is 10.4. The molecule has 0 saturated carbocycles. The molecule has 2 aromatic carbocycles. The fourth-order valence-electron chi connectivity index (χ4n) is 3.85. The second kappa shape index (κ2) is 8.11. The average molecular weight is 423 g/mol. The van der Waals surface area contributed by atoms with E-state index >= 15 is 0 Å². The highest BCUT2D eigenvalue weighted by atomic mass is 16.2. The molecule has 32 heavy (non-hydrogen) atoms. The smallest absolute Gasteiger partial charge is 0.259 e. The predicted molar refractivity (Wildman–Crippen MR) is 123 cm³/mol. The Morgan fingerprint density at radius 2 is 1.84 bits per heavy atom. The van der Waals surface area contributed by atoms with Crippen LogP contribution in [0.4, 0.5) is 0 Å². The third-order valence-electron chi connectivity index (χ3n) is 5.53. The Morgan fingerprint density at radius 1 is 1.06 bits per heavy atom. The molecular formula is C25H21N5O2. The zero-order chi connectivity index (χ0) is 22.1. The summed E-state index contributed by atoms with van der Waals surface area (Å²) < 4.78 is 1.58. The molecule has 2 N–H and O–H groups in total. The fourth-order valence-corrected chi connectivity index (χ4v) is 3.85. The van der Waals surface area contributed by atoms with Crippen LogP contribution in [0.15, 0.2) is 83.9 Å². The van der Waals surface area contributed by atoms with E-state index < -0.39 is 0 Å². The van der Waals surface area contributed by atoms with Crippen LogP contribution in [0.2, 0.25) is 0 Å². The Kier molecular flexibility index (Phi) is 4.99. The molecule has 0 aliphatic carbocycles. The lowest BCUT2D eigenvalue weighted by atomic mass is 10.0. The molecule has 0 saturated heterocycles. The molecule has 158 valence electrons. The summed E-state index contributed by atoms with van der Waals surface area (Å²) in [5.74, 6) is -0.325. The molecule has 7 heteroatoms. The summed E-state index contributed by atoms with van der Waals surface area (Å²) in [7, 11) is 0. The average Bonchev–Trinajstić information content (AvgIpc) is 3.25. The van der Waals surface area contributed by atoms with Crippen molar-refractivity contribution in [1.29, 1.82) is 0 Å². The van der Waals surface area contributed by atoms with Gasteiger partial charge < -0.3 is 10.3 Å². The molecule has 7 nitrogen and oxygen atoms in total. The van der Waals surface area contributed by atoms with Crippen molar-refractivity contribution in [1.82, 2.24) is 24.9 Å². The van der Waals surface area contributed by atoms with Crippen molar-refractivity contribution in [3.63, 3.8) is 0 Å². The topological polar surface area (TPSA) is 92.2 Å². The largest absolute Gasteiger partial charge is 0.343 e. The number of aromatic amines is 1. The minimum absolute atomic E-state index is 0.261. The Morgan fingerprint density at radius 3 is 2.62 bits per heavy atom. The highest BCUT2D eigenvalue weighted by molar-refractivity contribution is 6.00. The summed E-state index contributed by atoms with van der Waals surface area (Å²) in [6.45, 7) is 2.04. The van der Waals surface area contributed by atoms with Gasteiger partial charge in [0.2, 0.25) is 0 Å². The van der Waals surface area contributed by atoms with Crippen LogP contribution in [0, 0.1) is 6.92 Å². The lowest BCUT2D eigenvalue weighted by Crippen LogP contribution is -2.30. The zero-order valence-electron chi connectivity index (χ0n) is 17.4. The molecule has 5 rings (SSSR count). The van der Waals surface area contributed by atoms with E-state index in [9.17, 15) is 9.59 Å². The SMILES string of the molecule is Cc1ccc(CC(NC(=O)c2cnn3c2[nH]c(=O)c2ccccc23)c2ccccn2)cc1. The minimum atomic E-state index is -0.339. The quantitative estimate of drug-likeness (QED) is 0.452.